The normalized spacial score (nSPS) is 11.3. The topological polar surface area (TPSA) is 46.5 Å². The molecule has 0 aliphatic carbocycles. The van der Waals surface area contributed by atoms with Gasteiger partial charge in [-0.05, 0) is 51.0 Å². The third-order valence-electron chi connectivity index (χ3n) is 2.19. The number of hydrogen-bond acceptors (Lipinski definition) is 3. The van der Waals surface area contributed by atoms with Gasteiger partial charge in [-0.2, -0.15) is 0 Å². The summed E-state index contributed by atoms with van der Waals surface area (Å²) >= 11 is 0. The molecule has 0 saturated carbocycles. The van der Waals surface area contributed by atoms with Crippen LogP contribution in [-0.2, 0) is 0 Å². The number of benzene rings is 1. The van der Waals surface area contributed by atoms with Crippen LogP contribution in [0.15, 0.2) is 12.1 Å². The van der Waals surface area contributed by atoms with E-state index in [-0.39, 0.29) is 6.61 Å². The maximum Gasteiger partial charge on any atom is 0.150 e. The fourth-order valence-electron chi connectivity index (χ4n) is 1.53. The highest BCUT2D eigenvalue weighted by atomic mass is 16.5. The van der Waals surface area contributed by atoms with Crippen LogP contribution < -0.4 is 4.74 Å². The average Bonchev–Trinajstić information content (AvgIpc) is 2.14. The number of ether oxygens (including phenoxy) is 1. The predicted molar refractivity (Wildman–Crippen MR) is 63.1 cm³/mol. The second-order valence-corrected chi connectivity index (χ2v) is 4.70. The summed E-state index contributed by atoms with van der Waals surface area (Å²) in [5, 5.41) is 9.58. The fraction of sp³-hybridized carbons (Fsp3) is 0.462. The van der Waals surface area contributed by atoms with E-state index in [4.69, 9.17) is 4.74 Å². The Morgan fingerprint density at radius 3 is 2.19 bits per heavy atom. The van der Waals surface area contributed by atoms with Crippen molar-refractivity contribution in [2.45, 2.75) is 33.3 Å². The molecule has 0 bridgehead atoms. The summed E-state index contributed by atoms with van der Waals surface area (Å²) in [6, 6.07) is 3.55. The average molecular weight is 222 g/mol. The van der Waals surface area contributed by atoms with Crippen LogP contribution in [0.1, 0.15) is 35.3 Å². The molecule has 0 fully saturated rings. The van der Waals surface area contributed by atoms with Gasteiger partial charge in [-0.3, -0.25) is 4.79 Å². The Morgan fingerprint density at radius 1 is 1.31 bits per heavy atom. The Morgan fingerprint density at radius 2 is 1.81 bits per heavy atom. The molecule has 3 heteroatoms. The SMILES string of the molecule is Cc1cc(C=O)cc(C)c1OCC(C)(C)O. The van der Waals surface area contributed by atoms with Gasteiger partial charge in [0.15, 0.2) is 0 Å². The maximum absolute atomic E-state index is 10.7. The van der Waals surface area contributed by atoms with Gasteiger partial charge in [-0.1, -0.05) is 0 Å². The van der Waals surface area contributed by atoms with Crippen molar-refractivity contribution in [2.75, 3.05) is 6.61 Å². The summed E-state index contributed by atoms with van der Waals surface area (Å²) in [6.45, 7) is 7.39. The minimum absolute atomic E-state index is 0.231. The van der Waals surface area contributed by atoms with Gasteiger partial charge in [0, 0.05) is 5.56 Å². The number of aryl methyl sites for hydroxylation is 2. The fourth-order valence-corrected chi connectivity index (χ4v) is 1.53. The van der Waals surface area contributed by atoms with Crippen molar-refractivity contribution in [3.05, 3.63) is 28.8 Å². The Hall–Kier alpha value is -1.35. The first-order valence-electron chi connectivity index (χ1n) is 5.25. The second kappa shape index (κ2) is 4.66. The van der Waals surface area contributed by atoms with E-state index < -0.39 is 5.60 Å². The first kappa shape index (κ1) is 12.7. The van der Waals surface area contributed by atoms with E-state index in [2.05, 4.69) is 0 Å². The number of rotatable bonds is 4. The lowest BCUT2D eigenvalue weighted by molar-refractivity contribution is 0.0280. The van der Waals surface area contributed by atoms with E-state index in [0.29, 0.717) is 5.56 Å². The molecule has 16 heavy (non-hydrogen) atoms. The largest absolute Gasteiger partial charge is 0.490 e. The Kier molecular flexibility index (Phi) is 3.70. The summed E-state index contributed by atoms with van der Waals surface area (Å²) in [5.41, 5.74) is 1.60. The quantitative estimate of drug-likeness (QED) is 0.795. The number of hydrogen-bond donors (Lipinski definition) is 1. The molecule has 1 rings (SSSR count). The maximum atomic E-state index is 10.7. The zero-order valence-corrected chi connectivity index (χ0v) is 10.2. The standard InChI is InChI=1S/C13H18O3/c1-9-5-11(7-14)6-10(2)12(9)16-8-13(3,4)15/h5-7,15H,8H2,1-4H3. The van der Waals surface area contributed by atoms with Crippen LogP contribution in [0, 0.1) is 13.8 Å². The van der Waals surface area contributed by atoms with Crippen LogP contribution in [0.25, 0.3) is 0 Å². The molecule has 0 heterocycles. The molecule has 3 nitrogen and oxygen atoms in total. The van der Waals surface area contributed by atoms with Gasteiger partial charge in [0.05, 0.1) is 5.60 Å². The molecule has 0 spiro atoms. The third-order valence-corrected chi connectivity index (χ3v) is 2.19. The van der Waals surface area contributed by atoms with Gasteiger partial charge < -0.3 is 9.84 Å². The van der Waals surface area contributed by atoms with Crippen molar-refractivity contribution in [2.24, 2.45) is 0 Å². The molecule has 0 amide bonds. The van der Waals surface area contributed by atoms with Crippen molar-refractivity contribution in [1.29, 1.82) is 0 Å². The molecule has 1 N–H and O–H groups in total. The van der Waals surface area contributed by atoms with Crippen LogP contribution >= 0.6 is 0 Å². The Labute approximate surface area is 96.1 Å². The van der Waals surface area contributed by atoms with E-state index in [1.807, 2.05) is 13.8 Å². The molecule has 0 unspecified atom stereocenters. The molecule has 0 aliphatic rings. The molecule has 1 aromatic carbocycles. The molecule has 88 valence electrons. The van der Waals surface area contributed by atoms with E-state index in [1.54, 1.807) is 26.0 Å². The van der Waals surface area contributed by atoms with Gasteiger partial charge in [-0.25, -0.2) is 0 Å². The number of carbonyl (C=O) groups is 1. The van der Waals surface area contributed by atoms with Gasteiger partial charge in [0.2, 0.25) is 0 Å². The molecule has 0 radical (unpaired) electrons. The van der Waals surface area contributed by atoms with E-state index in [0.717, 1.165) is 23.2 Å². The van der Waals surface area contributed by atoms with E-state index >= 15 is 0 Å². The minimum atomic E-state index is -0.859. The lowest BCUT2D eigenvalue weighted by Crippen LogP contribution is -2.28. The number of aldehydes is 1. The molecular weight excluding hydrogens is 204 g/mol. The van der Waals surface area contributed by atoms with Gasteiger partial charge in [-0.15, -0.1) is 0 Å². The second-order valence-electron chi connectivity index (χ2n) is 4.70. The Bertz CT molecular complexity index is 366. The molecule has 0 saturated heterocycles. The predicted octanol–water partition coefficient (Wildman–Crippen LogP) is 2.27. The third kappa shape index (κ3) is 3.35. The van der Waals surface area contributed by atoms with Crippen molar-refractivity contribution < 1.29 is 14.6 Å². The summed E-state index contributed by atoms with van der Waals surface area (Å²) in [6.07, 6.45) is 0.819. The van der Waals surface area contributed by atoms with Crippen LogP contribution in [-0.4, -0.2) is 23.6 Å². The van der Waals surface area contributed by atoms with Gasteiger partial charge in [0.1, 0.15) is 18.6 Å². The van der Waals surface area contributed by atoms with Crippen molar-refractivity contribution in [3.63, 3.8) is 0 Å². The first-order chi connectivity index (χ1) is 7.33. The highest BCUT2D eigenvalue weighted by Crippen LogP contribution is 2.25. The summed E-state index contributed by atoms with van der Waals surface area (Å²) in [5.74, 6) is 0.743. The number of aliphatic hydroxyl groups is 1. The molecule has 0 aliphatic heterocycles. The summed E-state index contributed by atoms with van der Waals surface area (Å²) < 4.78 is 5.57. The van der Waals surface area contributed by atoms with Crippen LogP contribution in [0.3, 0.4) is 0 Å². The zero-order valence-electron chi connectivity index (χ0n) is 10.2. The lowest BCUT2D eigenvalue weighted by atomic mass is 10.1. The van der Waals surface area contributed by atoms with Crippen LogP contribution in [0.2, 0.25) is 0 Å². The first-order valence-corrected chi connectivity index (χ1v) is 5.25. The summed E-state index contributed by atoms with van der Waals surface area (Å²) in [4.78, 5) is 10.7. The number of carbonyl (C=O) groups excluding carboxylic acids is 1. The van der Waals surface area contributed by atoms with E-state index in [1.165, 1.54) is 0 Å². The molecular formula is C13H18O3. The van der Waals surface area contributed by atoms with Gasteiger partial charge in [0.25, 0.3) is 0 Å². The molecule has 0 atom stereocenters. The van der Waals surface area contributed by atoms with Crippen LogP contribution in [0.4, 0.5) is 0 Å². The van der Waals surface area contributed by atoms with Crippen molar-refractivity contribution in [1.82, 2.24) is 0 Å². The Balaban J connectivity index is 2.93. The van der Waals surface area contributed by atoms with Crippen molar-refractivity contribution in [3.8, 4) is 5.75 Å². The molecule has 1 aromatic rings. The minimum Gasteiger partial charge on any atom is -0.490 e. The zero-order chi connectivity index (χ0) is 12.3. The molecule has 0 aromatic heterocycles. The van der Waals surface area contributed by atoms with Crippen molar-refractivity contribution >= 4 is 6.29 Å². The lowest BCUT2D eigenvalue weighted by Gasteiger charge is -2.20. The van der Waals surface area contributed by atoms with E-state index in [9.17, 15) is 9.90 Å². The van der Waals surface area contributed by atoms with Gasteiger partial charge >= 0.3 is 0 Å². The summed E-state index contributed by atoms with van der Waals surface area (Å²) in [7, 11) is 0. The smallest absolute Gasteiger partial charge is 0.150 e. The van der Waals surface area contributed by atoms with Crippen LogP contribution in [0.5, 0.6) is 5.75 Å². The monoisotopic (exact) mass is 222 g/mol. The highest BCUT2D eigenvalue weighted by Gasteiger charge is 2.15. The highest BCUT2D eigenvalue weighted by molar-refractivity contribution is 5.76.